The number of morpholine rings is 1. The Morgan fingerprint density at radius 2 is 2.05 bits per heavy atom. The lowest BCUT2D eigenvalue weighted by Gasteiger charge is -2.27. The average Bonchev–Trinajstić information content (AvgIpc) is 2.74. The summed E-state index contributed by atoms with van der Waals surface area (Å²) in [5, 5.41) is 0. The summed E-state index contributed by atoms with van der Waals surface area (Å²) in [6, 6.07) is 6.15. The number of fused-ring (bicyclic) bond motifs is 1. The second kappa shape index (κ2) is 5.54. The van der Waals surface area contributed by atoms with Crippen LogP contribution >= 0.6 is 38.5 Å². The maximum Gasteiger partial charge on any atom is 0.255 e. The zero-order valence-corrected chi connectivity index (χ0v) is 14.0. The summed E-state index contributed by atoms with van der Waals surface area (Å²) in [6.45, 7) is 2.67. The van der Waals surface area contributed by atoms with Crippen molar-refractivity contribution in [2.75, 3.05) is 26.3 Å². The van der Waals surface area contributed by atoms with Crippen molar-refractivity contribution in [3.05, 3.63) is 37.4 Å². The van der Waals surface area contributed by atoms with Gasteiger partial charge in [-0.3, -0.25) is 4.79 Å². The van der Waals surface area contributed by atoms with Gasteiger partial charge >= 0.3 is 0 Å². The lowest BCUT2D eigenvalue weighted by molar-refractivity contribution is -0.128. The van der Waals surface area contributed by atoms with E-state index in [9.17, 15) is 4.79 Å². The number of nitrogens with zero attached hydrogens (tertiary/aromatic N) is 1. The van der Waals surface area contributed by atoms with E-state index in [0.717, 1.165) is 25.6 Å². The molecule has 0 saturated carbocycles. The fourth-order valence-electron chi connectivity index (χ4n) is 2.51. The predicted octanol–water partition coefficient (Wildman–Crippen LogP) is 3.01. The fourth-order valence-corrected chi connectivity index (χ4v) is 3.85. The number of carbonyl (C=O) groups is 1. The summed E-state index contributed by atoms with van der Waals surface area (Å²) in [4.78, 5) is 14.6. The molecular weight excluding hydrogens is 421 g/mol. The highest BCUT2D eigenvalue weighted by molar-refractivity contribution is 14.1. The first kappa shape index (κ1) is 13.6. The molecule has 0 bridgehead atoms. The van der Waals surface area contributed by atoms with Gasteiger partial charge in [-0.1, -0.05) is 22.0 Å². The van der Waals surface area contributed by atoms with Crippen LogP contribution in [-0.2, 0) is 16.0 Å². The van der Waals surface area contributed by atoms with Crippen molar-refractivity contribution < 1.29 is 9.53 Å². The summed E-state index contributed by atoms with van der Waals surface area (Å²) >= 11 is 5.78. The van der Waals surface area contributed by atoms with E-state index in [2.05, 4.69) is 44.6 Å². The van der Waals surface area contributed by atoms with E-state index >= 15 is 0 Å². The molecule has 1 aliphatic heterocycles. The molecule has 0 N–H and O–H groups in total. The van der Waals surface area contributed by atoms with Gasteiger partial charge in [-0.2, -0.15) is 0 Å². The Labute approximate surface area is 134 Å². The van der Waals surface area contributed by atoms with Crippen LogP contribution in [0, 0.1) is 0 Å². The van der Waals surface area contributed by atoms with Crippen LogP contribution in [0.5, 0.6) is 0 Å². The molecule has 19 heavy (non-hydrogen) atoms. The Bertz CT molecular complexity index is 565. The van der Waals surface area contributed by atoms with Gasteiger partial charge in [0, 0.05) is 27.6 Å². The minimum Gasteiger partial charge on any atom is -0.378 e. The van der Waals surface area contributed by atoms with Crippen molar-refractivity contribution in [1.29, 1.82) is 0 Å². The normalized spacial score (nSPS) is 18.7. The van der Waals surface area contributed by atoms with Crippen molar-refractivity contribution in [2.45, 2.75) is 6.42 Å². The predicted molar refractivity (Wildman–Crippen MR) is 86.2 cm³/mol. The molecule has 3 nitrogen and oxygen atoms in total. The van der Waals surface area contributed by atoms with E-state index in [4.69, 9.17) is 4.74 Å². The van der Waals surface area contributed by atoms with Gasteiger partial charge in [0.2, 0.25) is 0 Å². The number of allylic oxidation sites excluding steroid dienone is 1. The van der Waals surface area contributed by atoms with E-state index in [0.29, 0.717) is 26.3 Å². The monoisotopic (exact) mass is 433 g/mol. The molecule has 1 aromatic rings. The Morgan fingerprint density at radius 3 is 2.79 bits per heavy atom. The van der Waals surface area contributed by atoms with Gasteiger partial charge in [0.15, 0.2) is 0 Å². The Balaban J connectivity index is 1.92. The van der Waals surface area contributed by atoms with Gasteiger partial charge in [0.25, 0.3) is 5.91 Å². The van der Waals surface area contributed by atoms with Crippen molar-refractivity contribution in [3.63, 3.8) is 0 Å². The van der Waals surface area contributed by atoms with E-state index < -0.39 is 0 Å². The molecule has 2 aliphatic rings. The standard InChI is InChI=1S/C14H13BrINO2/c15-10-1-2-11-9(7-10)8-12(16)13(11)14(18)17-3-5-19-6-4-17/h1-2,7H,3-6,8H2. The molecule has 1 saturated heterocycles. The van der Waals surface area contributed by atoms with Gasteiger partial charge in [0.05, 0.1) is 18.8 Å². The maximum atomic E-state index is 12.7. The fraction of sp³-hybridized carbons (Fsp3) is 0.357. The number of carbonyl (C=O) groups excluding carboxylic acids is 1. The third kappa shape index (κ3) is 2.60. The topological polar surface area (TPSA) is 29.5 Å². The van der Waals surface area contributed by atoms with Crippen LogP contribution in [0.1, 0.15) is 11.1 Å². The second-order valence-electron chi connectivity index (χ2n) is 4.66. The molecule has 0 radical (unpaired) electrons. The lowest BCUT2D eigenvalue weighted by Crippen LogP contribution is -2.41. The molecule has 1 aliphatic carbocycles. The molecule has 0 aromatic heterocycles. The highest BCUT2D eigenvalue weighted by Gasteiger charge is 2.29. The number of rotatable bonds is 1. The number of hydrogen-bond acceptors (Lipinski definition) is 2. The first-order chi connectivity index (χ1) is 9.16. The Kier molecular flexibility index (Phi) is 3.96. The largest absolute Gasteiger partial charge is 0.378 e. The second-order valence-corrected chi connectivity index (χ2v) is 6.88. The van der Waals surface area contributed by atoms with Crippen LogP contribution in [0.4, 0.5) is 0 Å². The first-order valence-corrected chi connectivity index (χ1v) is 8.08. The summed E-state index contributed by atoms with van der Waals surface area (Å²) in [7, 11) is 0. The minimum absolute atomic E-state index is 0.147. The highest BCUT2D eigenvalue weighted by Crippen LogP contribution is 2.38. The summed E-state index contributed by atoms with van der Waals surface area (Å²) in [5.74, 6) is 0.147. The lowest BCUT2D eigenvalue weighted by atomic mass is 10.0. The SMILES string of the molecule is O=C(C1=C(I)Cc2cc(Br)ccc21)N1CCOCC1. The number of halogens is 2. The van der Waals surface area contributed by atoms with E-state index in [1.54, 1.807) is 0 Å². The molecule has 3 rings (SSSR count). The zero-order chi connectivity index (χ0) is 13.4. The zero-order valence-electron chi connectivity index (χ0n) is 10.3. The van der Waals surface area contributed by atoms with Gasteiger partial charge < -0.3 is 9.64 Å². The molecule has 1 aromatic carbocycles. The minimum atomic E-state index is 0.147. The molecule has 0 spiro atoms. The summed E-state index contributed by atoms with van der Waals surface area (Å²) in [6.07, 6.45) is 0.862. The molecule has 5 heteroatoms. The van der Waals surface area contributed by atoms with Crippen LogP contribution in [0.2, 0.25) is 0 Å². The number of amides is 1. The summed E-state index contributed by atoms with van der Waals surface area (Å²) in [5.41, 5.74) is 3.20. The molecule has 1 amide bonds. The molecule has 0 unspecified atom stereocenters. The quantitative estimate of drug-likeness (QED) is 0.637. The van der Waals surface area contributed by atoms with Crippen LogP contribution < -0.4 is 0 Å². The number of benzene rings is 1. The van der Waals surface area contributed by atoms with Crippen molar-refractivity contribution >= 4 is 50.0 Å². The van der Waals surface area contributed by atoms with Gasteiger partial charge in [0.1, 0.15) is 0 Å². The molecular formula is C14H13BrINO2. The molecule has 1 fully saturated rings. The number of hydrogen-bond donors (Lipinski definition) is 0. The number of ether oxygens (including phenoxy) is 1. The van der Waals surface area contributed by atoms with Crippen molar-refractivity contribution in [1.82, 2.24) is 4.90 Å². The third-order valence-corrected chi connectivity index (χ3v) is 4.88. The summed E-state index contributed by atoms with van der Waals surface area (Å²) < 4.78 is 7.51. The van der Waals surface area contributed by atoms with E-state index in [1.165, 1.54) is 5.56 Å². The van der Waals surface area contributed by atoms with Gasteiger partial charge in [-0.25, -0.2) is 0 Å². The maximum absolute atomic E-state index is 12.7. The van der Waals surface area contributed by atoms with Crippen LogP contribution in [-0.4, -0.2) is 37.1 Å². The highest BCUT2D eigenvalue weighted by atomic mass is 127. The van der Waals surface area contributed by atoms with Crippen LogP contribution in [0.15, 0.2) is 26.3 Å². The van der Waals surface area contributed by atoms with E-state index in [1.807, 2.05) is 17.0 Å². The van der Waals surface area contributed by atoms with Crippen LogP contribution in [0.25, 0.3) is 5.57 Å². The average molecular weight is 434 g/mol. The Morgan fingerprint density at radius 1 is 1.32 bits per heavy atom. The van der Waals surface area contributed by atoms with Crippen molar-refractivity contribution in [3.8, 4) is 0 Å². The first-order valence-electron chi connectivity index (χ1n) is 6.21. The van der Waals surface area contributed by atoms with E-state index in [-0.39, 0.29) is 5.91 Å². The third-order valence-electron chi connectivity index (χ3n) is 3.47. The van der Waals surface area contributed by atoms with Gasteiger partial charge in [-0.05, 0) is 45.9 Å². The van der Waals surface area contributed by atoms with Gasteiger partial charge in [-0.15, -0.1) is 0 Å². The molecule has 0 atom stereocenters. The molecule has 100 valence electrons. The Hall–Kier alpha value is -0.400. The van der Waals surface area contributed by atoms with Crippen molar-refractivity contribution in [2.24, 2.45) is 0 Å². The van der Waals surface area contributed by atoms with Crippen LogP contribution in [0.3, 0.4) is 0 Å². The molecule has 1 heterocycles. The smallest absolute Gasteiger partial charge is 0.255 e.